The van der Waals surface area contributed by atoms with Crippen LogP contribution >= 0.6 is 24.0 Å². The number of amides is 2. The Labute approximate surface area is 289 Å². The molecule has 0 radical (unpaired) electrons. The fourth-order valence-electron chi connectivity index (χ4n) is 5.37. The van der Waals surface area contributed by atoms with Crippen molar-refractivity contribution in [3.8, 4) is 5.75 Å². The number of nitrogens with one attached hydrogen (secondary N) is 3. The number of benzene rings is 2. The van der Waals surface area contributed by atoms with Gasteiger partial charge in [-0.2, -0.15) is 0 Å². The number of likely N-dealkylation sites (tertiary alicyclic amines) is 1. The lowest BCUT2D eigenvalue weighted by molar-refractivity contribution is -0.143. The minimum absolute atomic E-state index is 0. The molecule has 4 rings (SSSR count). The number of hydrogen-bond donors (Lipinski definition) is 3. The normalized spacial score (nSPS) is 15.9. The Hall–Kier alpha value is -3.65. The Bertz CT molecular complexity index is 1640. The highest BCUT2D eigenvalue weighted by Crippen LogP contribution is 2.34. The van der Waals surface area contributed by atoms with Gasteiger partial charge in [0.05, 0.1) is 29.9 Å². The van der Waals surface area contributed by atoms with E-state index in [2.05, 4.69) is 25.9 Å². The summed E-state index contributed by atoms with van der Waals surface area (Å²) in [6.45, 7) is 8.17. The van der Waals surface area contributed by atoms with Crippen LogP contribution in [0.5, 0.6) is 5.75 Å². The summed E-state index contributed by atoms with van der Waals surface area (Å²) >= 11 is 5.78. The van der Waals surface area contributed by atoms with E-state index in [1.165, 1.54) is 12.4 Å². The van der Waals surface area contributed by atoms with Gasteiger partial charge < -0.3 is 30.3 Å². The van der Waals surface area contributed by atoms with E-state index in [-0.39, 0.29) is 54.5 Å². The molecule has 2 heterocycles. The van der Waals surface area contributed by atoms with Crippen LogP contribution in [0.2, 0.25) is 5.02 Å². The number of Topliss-reactive ketones (excluding diaryl/α,β-unsaturated/α-hetero) is 1. The van der Waals surface area contributed by atoms with E-state index >= 15 is 0 Å². The molecule has 1 aliphatic rings. The quantitative estimate of drug-likeness (QED) is 0.166. The molecule has 0 spiro atoms. The second-order valence-corrected chi connectivity index (χ2v) is 12.9. The lowest BCUT2D eigenvalue weighted by atomic mass is 9.85. The second kappa shape index (κ2) is 16.6. The van der Waals surface area contributed by atoms with Crippen molar-refractivity contribution in [3.63, 3.8) is 0 Å². The molecular weight excluding hydrogens is 669 g/mol. The number of fused-ring (bicyclic) bond motifs is 1. The number of ether oxygens (including phenoxy) is 2. The lowest BCUT2D eigenvalue weighted by Gasteiger charge is -2.36. The van der Waals surface area contributed by atoms with E-state index in [0.717, 1.165) is 6.07 Å². The Morgan fingerprint density at radius 3 is 2.54 bits per heavy atom. The Morgan fingerprint density at radius 1 is 1.15 bits per heavy atom. The van der Waals surface area contributed by atoms with Gasteiger partial charge in [0, 0.05) is 37.1 Å². The molecule has 3 N–H and O–H groups in total. The second-order valence-electron chi connectivity index (χ2n) is 12.5. The zero-order valence-corrected chi connectivity index (χ0v) is 29.4. The first kappa shape index (κ1) is 38.8. The van der Waals surface area contributed by atoms with Gasteiger partial charge >= 0.3 is 0 Å². The van der Waals surface area contributed by atoms with Crippen molar-refractivity contribution < 1.29 is 32.6 Å². The zero-order valence-electron chi connectivity index (χ0n) is 27.8. The van der Waals surface area contributed by atoms with Gasteiger partial charge in [-0.3, -0.25) is 14.4 Å². The number of anilines is 2. The first-order valence-corrected chi connectivity index (χ1v) is 15.7. The minimum atomic E-state index is -0.982. The molecular formula is C33H42Cl2F2N6O5. The summed E-state index contributed by atoms with van der Waals surface area (Å²) in [5.41, 5.74) is 0.224. The van der Waals surface area contributed by atoms with Crippen LogP contribution in [0.15, 0.2) is 30.6 Å². The minimum Gasteiger partial charge on any atom is -0.491 e. The van der Waals surface area contributed by atoms with Gasteiger partial charge in [0.25, 0.3) is 0 Å². The molecule has 11 nitrogen and oxygen atoms in total. The Morgan fingerprint density at radius 2 is 1.88 bits per heavy atom. The van der Waals surface area contributed by atoms with Crippen molar-refractivity contribution in [2.45, 2.75) is 65.1 Å². The molecule has 15 heteroatoms. The fraction of sp³-hybridized carbons (Fsp3) is 0.485. The van der Waals surface area contributed by atoms with Crippen LogP contribution in [0.25, 0.3) is 10.9 Å². The molecule has 3 aromatic rings. The van der Waals surface area contributed by atoms with Crippen LogP contribution in [0.1, 0.15) is 46.1 Å². The largest absolute Gasteiger partial charge is 0.491 e. The third-order valence-corrected chi connectivity index (χ3v) is 8.50. The van der Waals surface area contributed by atoms with E-state index in [0.29, 0.717) is 48.2 Å². The predicted octanol–water partition coefficient (Wildman–Crippen LogP) is 4.99. The number of carbonyl (C=O) groups is 3. The predicted molar refractivity (Wildman–Crippen MR) is 182 cm³/mol. The van der Waals surface area contributed by atoms with E-state index < -0.39 is 40.2 Å². The van der Waals surface area contributed by atoms with Crippen molar-refractivity contribution in [2.24, 2.45) is 5.41 Å². The maximum atomic E-state index is 14.8. The third kappa shape index (κ3) is 8.87. The van der Waals surface area contributed by atoms with Crippen LogP contribution < -0.4 is 20.7 Å². The summed E-state index contributed by atoms with van der Waals surface area (Å²) in [4.78, 5) is 50.8. The highest BCUT2D eigenvalue weighted by atomic mass is 35.5. The van der Waals surface area contributed by atoms with E-state index in [4.69, 9.17) is 21.1 Å². The number of likely N-dealkylation sites (N-methyl/N-ethyl adjacent to an activating group) is 1. The van der Waals surface area contributed by atoms with Gasteiger partial charge in [0.2, 0.25) is 11.8 Å². The smallest absolute Gasteiger partial charge is 0.246 e. The number of hydrogen-bond acceptors (Lipinski definition) is 9. The van der Waals surface area contributed by atoms with Gasteiger partial charge in [-0.25, -0.2) is 18.7 Å². The maximum Gasteiger partial charge on any atom is 0.246 e. The van der Waals surface area contributed by atoms with Crippen LogP contribution in [0.3, 0.4) is 0 Å². The molecule has 262 valence electrons. The molecule has 3 atom stereocenters. The molecule has 0 saturated carbocycles. The summed E-state index contributed by atoms with van der Waals surface area (Å²) in [5, 5.41) is 8.40. The summed E-state index contributed by atoms with van der Waals surface area (Å²) < 4.78 is 39.6. The first-order chi connectivity index (χ1) is 22.3. The standard InChI is InChI=1S/C33H41ClF2N6O5.ClH/c1-18(37-5)31(44)41-29(33(2,3)4)32(45)42-11-7-8-24(42)25(43)15-19-14-20-23(16-26(19)47-13-12-46-6)38-17-39-30(20)40-22-10-9-21(35)27(34)28(22)36;/h9-10,14,16-18,24,29,37H,7-8,11-13,15H2,1-6H3,(H,41,44)(H,38,39,40);1H/t18-,24-,29+;/m0./s1. The number of ketones is 1. The molecule has 1 aliphatic heterocycles. The van der Waals surface area contributed by atoms with Gasteiger partial charge in [-0.1, -0.05) is 32.4 Å². The molecule has 2 aromatic carbocycles. The molecule has 2 amide bonds. The summed E-state index contributed by atoms with van der Waals surface area (Å²) in [6.07, 6.45) is 2.28. The lowest BCUT2D eigenvalue weighted by Crippen LogP contribution is -2.58. The SMILES string of the molecule is CN[C@@H](C)C(=O)N[C@H](C(=O)N1CCC[C@H]1C(=O)Cc1cc2c(Nc3ccc(F)c(Cl)c3F)ncnc2cc1OCCOC)C(C)(C)C.Cl. The first-order valence-electron chi connectivity index (χ1n) is 15.4. The highest BCUT2D eigenvalue weighted by molar-refractivity contribution is 6.31. The molecule has 48 heavy (non-hydrogen) atoms. The fourth-order valence-corrected chi connectivity index (χ4v) is 5.53. The third-order valence-electron chi connectivity index (χ3n) is 8.15. The maximum absolute atomic E-state index is 14.8. The van der Waals surface area contributed by atoms with Crippen molar-refractivity contribution in [1.82, 2.24) is 25.5 Å². The average Bonchev–Trinajstić information content (AvgIpc) is 3.53. The Kier molecular flexibility index (Phi) is 13.5. The van der Waals surface area contributed by atoms with Gasteiger partial charge in [0.15, 0.2) is 11.6 Å². The van der Waals surface area contributed by atoms with E-state index in [9.17, 15) is 23.2 Å². The van der Waals surface area contributed by atoms with Crippen LogP contribution in [-0.4, -0.2) is 84.5 Å². The summed E-state index contributed by atoms with van der Waals surface area (Å²) in [5.74, 6) is -2.14. The van der Waals surface area contributed by atoms with Gasteiger partial charge in [-0.15, -0.1) is 12.4 Å². The Balaban J connectivity index is 0.00000625. The summed E-state index contributed by atoms with van der Waals surface area (Å²) in [7, 11) is 3.20. The topological polar surface area (TPSA) is 135 Å². The molecule has 0 aliphatic carbocycles. The van der Waals surface area contributed by atoms with Crippen molar-refractivity contribution >= 4 is 64.0 Å². The summed E-state index contributed by atoms with van der Waals surface area (Å²) in [6, 6.07) is 3.50. The highest BCUT2D eigenvalue weighted by Gasteiger charge is 2.42. The number of halogens is 4. The number of aromatic nitrogens is 2. The van der Waals surface area contributed by atoms with E-state index in [1.807, 2.05) is 20.8 Å². The van der Waals surface area contributed by atoms with Crippen LogP contribution in [0.4, 0.5) is 20.3 Å². The van der Waals surface area contributed by atoms with Gasteiger partial charge in [0.1, 0.15) is 41.4 Å². The molecule has 0 unspecified atom stereocenters. The number of methoxy groups -OCH3 is 1. The van der Waals surface area contributed by atoms with Crippen molar-refractivity contribution in [3.05, 3.63) is 52.8 Å². The number of carbonyl (C=O) groups excluding carboxylic acids is 3. The zero-order chi connectivity index (χ0) is 34.5. The van der Waals surface area contributed by atoms with E-state index in [1.54, 1.807) is 38.1 Å². The number of nitrogens with zero attached hydrogens (tertiary/aromatic N) is 3. The molecule has 1 saturated heterocycles. The molecule has 0 bridgehead atoms. The molecule has 1 aromatic heterocycles. The van der Waals surface area contributed by atoms with Crippen molar-refractivity contribution in [2.75, 3.05) is 39.2 Å². The van der Waals surface area contributed by atoms with Crippen LogP contribution in [0, 0.1) is 17.0 Å². The monoisotopic (exact) mass is 710 g/mol. The van der Waals surface area contributed by atoms with Crippen LogP contribution in [-0.2, 0) is 25.5 Å². The van der Waals surface area contributed by atoms with Gasteiger partial charge in [-0.05, 0) is 50.4 Å². The van der Waals surface area contributed by atoms with Crippen molar-refractivity contribution in [1.29, 1.82) is 0 Å². The molecule has 1 fully saturated rings. The number of rotatable bonds is 13. The average molecular weight is 712 g/mol.